The summed E-state index contributed by atoms with van der Waals surface area (Å²) in [5.74, 6) is -0.689. The minimum Gasteiger partial charge on any atom is -0.294 e. The number of hydrogen-bond donors (Lipinski definition) is 0. The van der Waals surface area contributed by atoms with E-state index in [0.29, 0.717) is 24.1 Å². The molecular weight excluding hydrogens is 452 g/mol. The number of rotatable bonds is 3. The van der Waals surface area contributed by atoms with Gasteiger partial charge >= 0.3 is 0 Å². The predicted octanol–water partition coefficient (Wildman–Crippen LogP) is 6.57. The average molecular weight is 475 g/mol. The summed E-state index contributed by atoms with van der Waals surface area (Å²) in [6, 6.07) is 18.1. The first-order valence-corrected chi connectivity index (χ1v) is 11.5. The highest BCUT2D eigenvalue weighted by molar-refractivity contribution is 6.31. The van der Waals surface area contributed by atoms with Gasteiger partial charge in [0.2, 0.25) is 5.91 Å². The number of anilines is 1. The molecule has 1 aliphatic carbocycles. The van der Waals surface area contributed by atoms with Gasteiger partial charge in [-0.15, -0.1) is 0 Å². The highest BCUT2D eigenvalue weighted by atomic mass is 35.5. The predicted molar refractivity (Wildman–Crippen MR) is 132 cm³/mol. The highest BCUT2D eigenvalue weighted by Gasteiger charge is 2.45. The molecule has 3 aromatic carbocycles. The molecule has 34 heavy (non-hydrogen) atoms. The van der Waals surface area contributed by atoms with Gasteiger partial charge in [0.1, 0.15) is 5.69 Å². The van der Waals surface area contributed by atoms with Gasteiger partial charge < -0.3 is 0 Å². The molecule has 2 aliphatic rings. The molecule has 0 N–H and O–H groups in total. The number of amides is 1. The van der Waals surface area contributed by atoms with Gasteiger partial charge in [0.05, 0.1) is 4.92 Å². The van der Waals surface area contributed by atoms with Crippen molar-refractivity contribution in [2.75, 3.05) is 4.90 Å². The number of carbonyl (C=O) groups is 2. The zero-order chi connectivity index (χ0) is 24.2. The fourth-order valence-electron chi connectivity index (χ4n) is 5.35. The van der Waals surface area contributed by atoms with Crippen molar-refractivity contribution in [2.24, 2.45) is 5.41 Å². The van der Waals surface area contributed by atoms with E-state index in [1.54, 1.807) is 0 Å². The van der Waals surface area contributed by atoms with Crippen molar-refractivity contribution < 1.29 is 14.5 Å². The molecule has 172 valence electrons. The Hall–Kier alpha value is -3.51. The molecule has 0 bridgehead atoms. The molecule has 1 unspecified atom stereocenters. The van der Waals surface area contributed by atoms with Crippen LogP contribution in [0.15, 0.2) is 71.9 Å². The third-order valence-corrected chi connectivity index (χ3v) is 6.95. The van der Waals surface area contributed by atoms with Gasteiger partial charge in [0.25, 0.3) is 5.69 Å². The van der Waals surface area contributed by atoms with Crippen LogP contribution in [0, 0.1) is 15.5 Å². The first-order chi connectivity index (χ1) is 16.2. The van der Waals surface area contributed by atoms with Crippen molar-refractivity contribution in [2.45, 2.75) is 39.0 Å². The van der Waals surface area contributed by atoms with Gasteiger partial charge in [-0.25, -0.2) is 0 Å². The van der Waals surface area contributed by atoms with E-state index in [-0.39, 0.29) is 39.9 Å². The van der Waals surface area contributed by atoms with Crippen molar-refractivity contribution in [3.05, 3.63) is 92.6 Å². The number of carbonyl (C=O) groups excluding carboxylic acids is 2. The summed E-state index contributed by atoms with van der Waals surface area (Å²) < 4.78 is 0. The maximum absolute atomic E-state index is 13.7. The minimum absolute atomic E-state index is 0.0155. The lowest BCUT2D eigenvalue weighted by Gasteiger charge is -2.42. The van der Waals surface area contributed by atoms with E-state index in [0.717, 1.165) is 16.3 Å². The van der Waals surface area contributed by atoms with Crippen LogP contribution in [0.4, 0.5) is 11.4 Å². The van der Waals surface area contributed by atoms with E-state index < -0.39 is 10.8 Å². The molecule has 6 nitrogen and oxygen atoms in total. The summed E-state index contributed by atoms with van der Waals surface area (Å²) in [6.07, 6.45) is 0.873. The third-order valence-electron chi connectivity index (χ3n) is 6.72. The maximum atomic E-state index is 13.7. The number of nitro groups is 1. The van der Waals surface area contributed by atoms with Gasteiger partial charge in [0, 0.05) is 41.1 Å². The number of nitro benzene ring substituents is 1. The standard InChI is InChI=1S/C27H23ClN2O4/c1-27(2)14-23-26(24(31)15-27)20(19-9-5-7-16-6-3-4-8-18(16)19)13-25(32)29(23)21-11-10-17(28)12-22(21)30(33)34/h3-12,20H,13-15H2,1-2H3. The Balaban J connectivity index is 1.77. The van der Waals surface area contributed by atoms with Crippen molar-refractivity contribution in [3.8, 4) is 0 Å². The SMILES string of the molecule is CC1(C)CC(=O)C2=C(C1)N(c1ccc(Cl)cc1[N+](=O)[O-])C(=O)CC2c1cccc2ccccc12. The summed E-state index contributed by atoms with van der Waals surface area (Å²) in [5, 5.41) is 14.1. The van der Waals surface area contributed by atoms with Crippen LogP contribution >= 0.6 is 11.6 Å². The summed E-state index contributed by atoms with van der Waals surface area (Å²) >= 11 is 6.03. The molecule has 1 aliphatic heterocycles. The number of fused-ring (bicyclic) bond motifs is 1. The molecule has 0 saturated carbocycles. The molecule has 0 saturated heterocycles. The molecule has 0 spiro atoms. The molecular formula is C27H23ClN2O4. The first kappa shape index (κ1) is 22.3. The minimum atomic E-state index is -0.540. The Morgan fingerprint density at radius 3 is 2.53 bits per heavy atom. The van der Waals surface area contributed by atoms with E-state index in [1.807, 2.05) is 56.3 Å². The van der Waals surface area contributed by atoms with Gasteiger partial charge in [-0.1, -0.05) is 67.9 Å². The van der Waals surface area contributed by atoms with Crippen molar-refractivity contribution in [3.63, 3.8) is 0 Å². The fourth-order valence-corrected chi connectivity index (χ4v) is 5.51. The van der Waals surface area contributed by atoms with Crippen LogP contribution < -0.4 is 4.90 Å². The molecule has 0 aromatic heterocycles. The summed E-state index contributed by atoms with van der Waals surface area (Å²) in [7, 11) is 0. The Bertz CT molecular complexity index is 1400. The fraction of sp³-hybridized carbons (Fsp3) is 0.259. The monoisotopic (exact) mass is 474 g/mol. The number of halogens is 1. The molecule has 3 aromatic rings. The lowest BCUT2D eigenvalue weighted by molar-refractivity contribution is -0.384. The van der Waals surface area contributed by atoms with Crippen LogP contribution in [-0.2, 0) is 9.59 Å². The molecule has 1 heterocycles. The normalized spacial score (nSPS) is 20.0. The topological polar surface area (TPSA) is 80.5 Å². The largest absolute Gasteiger partial charge is 0.294 e. The number of Topliss-reactive ketones (excluding diaryl/α,β-unsaturated/α-hetero) is 1. The van der Waals surface area contributed by atoms with Gasteiger partial charge in [-0.05, 0) is 40.3 Å². The van der Waals surface area contributed by atoms with Crippen LogP contribution in [0.1, 0.15) is 44.6 Å². The van der Waals surface area contributed by atoms with E-state index in [4.69, 9.17) is 11.6 Å². The smallest absolute Gasteiger partial charge is 0.294 e. The van der Waals surface area contributed by atoms with Crippen LogP contribution in [0.2, 0.25) is 5.02 Å². The van der Waals surface area contributed by atoms with Gasteiger partial charge in [-0.3, -0.25) is 24.6 Å². The van der Waals surface area contributed by atoms with E-state index in [1.165, 1.54) is 23.1 Å². The number of ketones is 1. The molecule has 5 rings (SSSR count). The summed E-state index contributed by atoms with van der Waals surface area (Å²) in [5.41, 5.74) is 1.58. The second-order valence-electron chi connectivity index (χ2n) is 9.75. The quantitative estimate of drug-likeness (QED) is 0.318. The number of allylic oxidation sites excluding steroid dienone is 2. The summed E-state index contributed by atoms with van der Waals surface area (Å²) in [4.78, 5) is 39.9. The number of benzene rings is 3. The molecule has 7 heteroatoms. The second kappa shape index (κ2) is 8.06. The molecule has 0 fully saturated rings. The van der Waals surface area contributed by atoms with Crippen LogP contribution in [0.3, 0.4) is 0 Å². The van der Waals surface area contributed by atoms with E-state index >= 15 is 0 Å². The number of hydrogen-bond acceptors (Lipinski definition) is 4. The van der Waals surface area contributed by atoms with E-state index in [2.05, 4.69) is 0 Å². The van der Waals surface area contributed by atoms with Crippen molar-refractivity contribution in [1.82, 2.24) is 0 Å². The lowest BCUT2D eigenvalue weighted by Crippen LogP contribution is -2.44. The first-order valence-electron chi connectivity index (χ1n) is 11.2. The average Bonchev–Trinajstić information content (AvgIpc) is 2.77. The molecule has 1 amide bonds. The highest BCUT2D eigenvalue weighted by Crippen LogP contribution is 2.50. The lowest BCUT2D eigenvalue weighted by atomic mass is 9.69. The van der Waals surface area contributed by atoms with Crippen molar-refractivity contribution in [1.29, 1.82) is 0 Å². The Labute approximate surface area is 202 Å². The third kappa shape index (κ3) is 3.68. The zero-order valence-corrected chi connectivity index (χ0v) is 19.6. The maximum Gasteiger partial charge on any atom is 0.294 e. The van der Waals surface area contributed by atoms with Crippen LogP contribution in [-0.4, -0.2) is 16.6 Å². The van der Waals surface area contributed by atoms with Gasteiger partial charge in [0.15, 0.2) is 5.78 Å². The van der Waals surface area contributed by atoms with Crippen molar-refractivity contribution >= 4 is 45.4 Å². The molecule has 1 atom stereocenters. The van der Waals surface area contributed by atoms with Crippen LogP contribution in [0.5, 0.6) is 0 Å². The van der Waals surface area contributed by atoms with Gasteiger partial charge in [-0.2, -0.15) is 0 Å². The Morgan fingerprint density at radius 2 is 1.76 bits per heavy atom. The second-order valence-corrected chi connectivity index (χ2v) is 10.2. The number of nitrogens with zero attached hydrogens (tertiary/aromatic N) is 2. The Kier molecular flexibility index (Phi) is 5.29. The molecule has 0 radical (unpaired) electrons. The summed E-state index contributed by atoms with van der Waals surface area (Å²) in [6.45, 7) is 3.96. The van der Waals surface area contributed by atoms with Crippen LogP contribution in [0.25, 0.3) is 10.8 Å². The Morgan fingerprint density at radius 1 is 1.03 bits per heavy atom. The van der Waals surface area contributed by atoms with E-state index in [9.17, 15) is 19.7 Å². The zero-order valence-electron chi connectivity index (χ0n) is 18.9.